The summed E-state index contributed by atoms with van der Waals surface area (Å²) in [7, 11) is 0. The minimum Gasteiger partial charge on any atom is -0.358 e. The molecule has 0 fully saturated rings. The van der Waals surface area contributed by atoms with Crippen LogP contribution in [0.1, 0.15) is 17.3 Å². The third-order valence-corrected chi connectivity index (χ3v) is 3.32. The maximum atomic E-state index is 12.0. The Morgan fingerprint density at radius 2 is 2.09 bits per heavy atom. The molecule has 0 atom stereocenters. The maximum absolute atomic E-state index is 12.0. The van der Waals surface area contributed by atoms with E-state index >= 15 is 0 Å². The molecule has 1 aromatic carbocycles. The van der Waals surface area contributed by atoms with E-state index in [0.29, 0.717) is 11.3 Å². The number of rotatable bonds is 5. The minimum atomic E-state index is -0.649. The summed E-state index contributed by atoms with van der Waals surface area (Å²) in [4.78, 5) is 33.5. The molecule has 2 aromatic rings. The van der Waals surface area contributed by atoms with Crippen LogP contribution in [-0.2, 0) is 11.3 Å². The van der Waals surface area contributed by atoms with Crippen LogP contribution in [0, 0.1) is 10.1 Å². The van der Waals surface area contributed by atoms with Gasteiger partial charge in [0.2, 0.25) is 5.91 Å². The number of anilines is 1. The first kappa shape index (κ1) is 15.8. The molecule has 0 bridgehead atoms. The van der Waals surface area contributed by atoms with Crippen molar-refractivity contribution in [3.63, 3.8) is 0 Å². The zero-order chi connectivity index (χ0) is 16.3. The fourth-order valence-electron chi connectivity index (χ4n) is 1.83. The lowest BCUT2D eigenvalue weighted by Gasteiger charge is -2.07. The molecule has 0 aliphatic carbocycles. The zero-order valence-electron chi connectivity index (χ0n) is 11.4. The average molecular weight is 367 g/mol. The summed E-state index contributed by atoms with van der Waals surface area (Å²) in [6.07, 6.45) is 1.34. The van der Waals surface area contributed by atoms with Gasteiger partial charge in [-0.05, 0) is 39.9 Å². The van der Waals surface area contributed by atoms with Crippen molar-refractivity contribution in [2.24, 2.45) is 0 Å². The Balaban J connectivity index is 2.13. The Morgan fingerprint density at radius 1 is 1.41 bits per heavy atom. The van der Waals surface area contributed by atoms with Crippen molar-refractivity contribution < 1.29 is 14.5 Å². The van der Waals surface area contributed by atoms with E-state index in [4.69, 9.17) is 0 Å². The zero-order valence-corrected chi connectivity index (χ0v) is 13.0. The molecular weight excluding hydrogens is 356 g/mol. The number of halogens is 1. The third-order valence-electron chi connectivity index (χ3n) is 2.76. The summed E-state index contributed by atoms with van der Waals surface area (Å²) in [5.41, 5.74) is 0.782. The predicted molar refractivity (Wildman–Crippen MR) is 81.7 cm³/mol. The summed E-state index contributed by atoms with van der Waals surface area (Å²) in [5.74, 6) is -0.982. The molecule has 2 rings (SSSR count). The van der Waals surface area contributed by atoms with Crippen LogP contribution in [0.4, 0.5) is 11.5 Å². The summed E-state index contributed by atoms with van der Waals surface area (Å²) in [5, 5.41) is 17.0. The van der Waals surface area contributed by atoms with Gasteiger partial charge in [0.1, 0.15) is 11.0 Å². The van der Waals surface area contributed by atoms with Crippen LogP contribution < -0.4 is 5.32 Å². The van der Waals surface area contributed by atoms with Gasteiger partial charge in [0.15, 0.2) is 5.78 Å². The smallest absolute Gasteiger partial charge is 0.358 e. The van der Waals surface area contributed by atoms with Crippen molar-refractivity contribution in [3.05, 3.63) is 50.6 Å². The van der Waals surface area contributed by atoms with E-state index < -0.39 is 10.8 Å². The van der Waals surface area contributed by atoms with Crippen LogP contribution in [-0.4, -0.2) is 26.4 Å². The molecule has 8 nitrogen and oxygen atoms in total. The number of carbonyl (C=O) groups excluding carboxylic acids is 2. The van der Waals surface area contributed by atoms with Crippen molar-refractivity contribution in [1.29, 1.82) is 0 Å². The number of para-hydroxylation sites is 1. The first-order valence-corrected chi connectivity index (χ1v) is 6.95. The molecule has 1 heterocycles. The Hall–Kier alpha value is -2.55. The fraction of sp³-hybridized carbons (Fsp3) is 0.154. The van der Waals surface area contributed by atoms with Gasteiger partial charge >= 0.3 is 5.82 Å². The van der Waals surface area contributed by atoms with Gasteiger partial charge in [0.25, 0.3) is 0 Å². The van der Waals surface area contributed by atoms with Crippen LogP contribution >= 0.6 is 15.9 Å². The second-order valence-electron chi connectivity index (χ2n) is 4.41. The quantitative estimate of drug-likeness (QED) is 0.496. The highest BCUT2D eigenvalue weighted by molar-refractivity contribution is 9.10. The standard InChI is InChI=1S/C13H11BrN4O4/c1-8(19)9-4-2-3-5-11(9)15-12(20)7-17-6-10(14)13(16-17)18(21)22/h2-6H,7H2,1H3,(H,15,20). The van der Waals surface area contributed by atoms with Crippen molar-refractivity contribution in [2.45, 2.75) is 13.5 Å². The SMILES string of the molecule is CC(=O)c1ccccc1NC(=O)Cn1cc(Br)c([N+](=O)[O-])n1. The first-order valence-electron chi connectivity index (χ1n) is 6.15. The molecule has 22 heavy (non-hydrogen) atoms. The molecule has 0 unspecified atom stereocenters. The van der Waals surface area contributed by atoms with Gasteiger partial charge in [-0.3, -0.25) is 9.59 Å². The lowest BCUT2D eigenvalue weighted by atomic mass is 10.1. The molecule has 0 saturated carbocycles. The van der Waals surface area contributed by atoms with E-state index in [1.165, 1.54) is 13.1 Å². The molecule has 0 saturated heterocycles. The molecule has 0 aliphatic rings. The molecule has 0 radical (unpaired) electrons. The Morgan fingerprint density at radius 3 is 2.68 bits per heavy atom. The van der Waals surface area contributed by atoms with E-state index in [9.17, 15) is 19.7 Å². The van der Waals surface area contributed by atoms with Gasteiger partial charge in [0, 0.05) is 5.56 Å². The van der Waals surface area contributed by atoms with Crippen LogP contribution in [0.5, 0.6) is 0 Å². The normalized spacial score (nSPS) is 10.3. The molecular formula is C13H11BrN4O4. The molecule has 1 aromatic heterocycles. The molecule has 114 valence electrons. The molecule has 1 amide bonds. The summed E-state index contributed by atoms with van der Waals surface area (Å²) >= 11 is 3.00. The number of hydrogen-bond donors (Lipinski definition) is 1. The van der Waals surface area contributed by atoms with Gasteiger partial charge in [0.05, 0.1) is 17.0 Å². The van der Waals surface area contributed by atoms with Gasteiger partial charge in [-0.15, -0.1) is 0 Å². The predicted octanol–water partition coefficient (Wildman–Crippen LogP) is 2.40. The Bertz CT molecular complexity index is 756. The molecule has 1 N–H and O–H groups in total. The number of nitrogens with zero attached hydrogens (tertiary/aromatic N) is 3. The number of nitro groups is 1. The highest BCUT2D eigenvalue weighted by Crippen LogP contribution is 2.22. The van der Waals surface area contributed by atoms with Crippen molar-refractivity contribution in [2.75, 3.05) is 5.32 Å². The molecule has 9 heteroatoms. The second kappa shape index (κ2) is 6.48. The highest BCUT2D eigenvalue weighted by Gasteiger charge is 2.20. The molecule has 0 aliphatic heterocycles. The Kier molecular flexibility index (Phi) is 4.66. The largest absolute Gasteiger partial charge is 0.404 e. The molecule has 0 spiro atoms. The average Bonchev–Trinajstić information content (AvgIpc) is 2.79. The monoisotopic (exact) mass is 366 g/mol. The van der Waals surface area contributed by atoms with Crippen molar-refractivity contribution in [3.8, 4) is 0 Å². The third kappa shape index (κ3) is 3.55. The van der Waals surface area contributed by atoms with E-state index in [-0.39, 0.29) is 22.6 Å². The number of carbonyl (C=O) groups is 2. The number of benzene rings is 1. The lowest BCUT2D eigenvalue weighted by Crippen LogP contribution is -2.20. The van der Waals surface area contributed by atoms with Gasteiger partial charge in [-0.2, -0.15) is 4.68 Å². The van der Waals surface area contributed by atoms with Gasteiger partial charge < -0.3 is 15.4 Å². The lowest BCUT2D eigenvalue weighted by molar-refractivity contribution is -0.390. The van der Waals surface area contributed by atoms with Gasteiger partial charge in [-0.1, -0.05) is 12.1 Å². The number of Topliss-reactive ketones (excluding diaryl/α,β-unsaturated/α-hetero) is 1. The maximum Gasteiger partial charge on any atom is 0.404 e. The van der Waals surface area contributed by atoms with E-state index in [1.54, 1.807) is 24.3 Å². The topological polar surface area (TPSA) is 107 Å². The minimum absolute atomic E-state index is 0.173. The second-order valence-corrected chi connectivity index (χ2v) is 5.26. The number of ketones is 1. The van der Waals surface area contributed by atoms with Crippen LogP contribution in [0.15, 0.2) is 34.9 Å². The highest BCUT2D eigenvalue weighted by atomic mass is 79.9. The van der Waals surface area contributed by atoms with Gasteiger partial charge in [-0.25, -0.2) is 0 Å². The number of aromatic nitrogens is 2. The first-order chi connectivity index (χ1) is 10.4. The number of hydrogen-bond acceptors (Lipinski definition) is 5. The van der Waals surface area contributed by atoms with Crippen molar-refractivity contribution in [1.82, 2.24) is 9.78 Å². The van der Waals surface area contributed by atoms with Crippen molar-refractivity contribution >= 4 is 39.1 Å². The van der Waals surface area contributed by atoms with Crippen LogP contribution in [0.2, 0.25) is 0 Å². The summed E-state index contributed by atoms with van der Waals surface area (Å²) in [6, 6.07) is 6.60. The van der Waals surface area contributed by atoms with E-state index in [1.807, 2.05) is 0 Å². The van der Waals surface area contributed by atoms with E-state index in [0.717, 1.165) is 4.68 Å². The van der Waals surface area contributed by atoms with Crippen LogP contribution in [0.25, 0.3) is 0 Å². The number of nitrogens with one attached hydrogen (secondary N) is 1. The van der Waals surface area contributed by atoms with Crippen LogP contribution in [0.3, 0.4) is 0 Å². The summed E-state index contributed by atoms with van der Waals surface area (Å²) < 4.78 is 1.34. The van der Waals surface area contributed by atoms with E-state index in [2.05, 4.69) is 26.3 Å². The fourth-order valence-corrected chi connectivity index (χ4v) is 2.29. The Labute approximate surface area is 133 Å². The number of amides is 1. The summed E-state index contributed by atoms with van der Waals surface area (Å²) in [6.45, 7) is 1.19.